The number of anilines is 2. The molecule has 1 rings (SSSR count). The van der Waals surface area contributed by atoms with Crippen LogP contribution in [-0.4, -0.2) is 12.5 Å². The van der Waals surface area contributed by atoms with Crippen LogP contribution >= 0.6 is 0 Å². The first-order valence-corrected chi connectivity index (χ1v) is 5.23. The van der Waals surface area contributed by atoms with E-state index in [-0.39, 0.29) is 5.91 Å². The average molecular weight is 216 g/mol. The Kier molecular flexibility index (Phi) is 4.94. The van der Waals surface area contributed by atoms with Crippen LogP contribution in [0.3, 0.4) is 0 Å². The molecule has 3 nitrogen and oxygen atoms in total. The van der Waals surface area contributed by atoms with Gasteiger partial charge in [-0.1, -0.05) is 0 Å². The van der Waals surface area contributed by atoms with Gasteiger partial charge >= 0.3 is 0 Å². The maximum absolute atomic E-state index is 10.8. The highest BCUT2D eigenvalue weighted by atomic mass is 16.1. The van der Waals surface area contributed by atoms with Gasteiger partial charge in [-0.05, 0) is 31.2 Å². The first kappa shape index (κ1) is 12.1. The Bertz CT molecular complexity index is 398. The third-order valence-corrected chi connectivity index (χ3v) is 1.96. The topological polar surface area (TPSA) is 41.1 Å². The highest BCUT2D eigenvalue weighted by Gasteiger charge is 1.95. The van der Waals surface area contributed by atoms with Gasteiger partial charge in [-0.15, -0.1) is 11.8 Å². The van der Waals surface area contributed by atoms with Crippen molar-refractivity contribution in [1.82, 2.24) is 0 Å². The summed E-state index contributed by atoms with van der Waals surface area (Å²) in [6.07, 6.45) is 0.837. The number of benzene rings is 1. The molecule has 0 aromatic heterocycles. The Labute approximate surface area is 96.2 Å². The molecule has 84 valence electrons. The lowest BCUT2D eigenvalue weighted by molar-refractivity contribution is -0.114. The van der Waals surface area contributed by atoms with Gasteiger partial charge in [-0.2, -0.15) is 0 Å². The third-order valence-electron chi connectivity index (χ3n) is 1.96. The van der Waals surface area contributed by atoms with Crippen LogP contribution in [0.1, 0.15) is 20.3 Å². The third kappa shape index (κ3) is 4.52. The number of rotatable bonds is 4. The molecule has 0 spiro atoms. The summed E-state index contributed by atoms with van der Waals surface area (Å²) in [6, 6.07) is 7.61. The largest absolute Gasteiger partial charge is 0.384 e. The summed E-state index contributed by atoms with van der Waals surface area (Å²) in [5.41, 5.74) is 1.85. The van der Waals surface area contributed by atoms with Crippen LogP contribution in [0.5, 0.6) is 0 Å². The molecular formula is C13H16N2O. The molecule has 2 N–H and O–H groups in total. The van der Waals surface area contributed by atoms with E-state index in [4.69, 9.17) is 0 Å². The Hall–Kier alpha value is -1.95. The van der Waals surface area contributed by atoms with Crippen LogP contribution < -0.4 is 10.6 Å². The van der Waals surface area contributed by atoms with E-state index in [1.54, 1.807) is 0 Å². The highest BCUT2D eigenvalue weighted by Crippen LogP contribution is 2.13. The quantitative estimate of drug-likeness (QED) is 0.599. The SMILES string of the molecule is CC#CCCNc1ccc(NC(C)=O)cc1. The fraction of sp³-hybridized carbons (Fsp3) is 0.308. The second kappa shape index (κ2) is 6.52. The zero-order chi connectivity index (χ0) is 11.8. The van der Waals surface area contributed by atoms with Crippen LogP contribution in [0.2, 0.25) is 0 Å². The zero-order valence-corrected chi connectivity index (χ0v) is 9.63. The first-order valence-electron chi connectivity index (χ1n) is 5.23. The fourth-order valence-corrected chi connectivity index (χ4v) is 1.27. The van der Waals surface area contributed by atoms with Gasteiger partial charge < -0.3 is 10.6 Å². The molecule has 0 saturated heterocycles. The molecule has 1 aromatic carbocycles. The molecular weight excluding hydrogens is 200 g/mol. The summed E-state index contributed by atoms with van der Waals surface area (Å²) in [6.45, 7) is 4.16. The van der Waals surface area contributed by atoms with Crippen LogP contribution in [0.4, 0.5) is 11.4 Å². The van der Waals surface area contributed by atoms with Crippen molar-refractivity contribution in [3.8, 4) is 11.8 Å². The van der Waals surface area contributed by atoms with E-state index in [0.29, 0.717) is 0 Å². The van der Waals surface area contributed by atoms with E-state index < -0.39 is 0 Å². The molecule has 1 aromatic rings. The van der Waals surface area contributed by atoms with Gasteiger partial charge in [0.25, 0.3) is 0 Å². The summed E-state index contributed by atoms with van der Waals surface area (Å²) in [5, 5.41) is 5.96. The summed E-state index contributed by atoms with van der Waals surface area (Å²) in [4.78, 5) is 10.8. The van der Waals surface area contributed by atoms with Gasteiger partial charge in [0.15, 0.2) is 0 Å². The van der Waals surface area contributed by atoms with Crippen molar-refractivity contribution >= 4 is 17.3 Å². The number of nitrogens with one attached hydrogen (secondary N) is 2. The minimum atomic E-state index is -0.0565. The molecule has 0 heterocycles. The van der Waals surface area contributed by atoms with Gasteiger partial charge in [0.1, 0.15) is 0 Å². The Morgan fingerprint density at radius 1 is 1.25 bits per heavy atom. The van der Waals surface area contributed by atoms with Crippen LogP contribution in [0.25, 0.3) is 0 Å². The van der Waals surface area contributed by atoms with E-state index in [2.05, 4.69) is 22.5 Å². The Morgan fingerprint density at radius 3 is 2.44 bits per heavy atom. The van der Waals surface area contributed by atoms with E-state index in [1.807, 2.05) is 31.2 Å². The zero-order valence-electron chi connectivity index (χ0n) is 9.63. The monoisotopic (exact) mass is 216 g/mol. The second-order valence-corrected chi connectivity index (χ2v) is 3.36. The molecule has 0 saturated carbocycles. The maximum Gasteiger partial charge on any atom is 0.221 e. The predicted molar refractivity (Wildman–Crippen MR) is 67.3 cm³/mol. The lowest BCUT2D eigenvalue weighted by Crippen LogP contribution is -2.06. The molecule has 3 heteroatoms. The number of carbonyl (C=O) groups excluding carboxylic acids is 1. The molecule has 0 radical (unpaired) electrons. The van der Waals surface area contributed by atoms with Gasteiger partial charge in [0.2, 0.25) is 5.91 Å². The molecule has 16 heavy (non-hydrogen) atoms. The normalized spacial score (nSPS) is 8.88. The fourth-order valence-electron chi connectivity index (χ4n) is 1.27. The Balaban J connectivity index is 2.43. The van der Waals surface area contributed by atoms with Crippen molar-refractivity contribution in [2.45, 2.75) is 20.3 Å². The maximum atomic E-state index is 10.8. The van der Waals surface area contributed by atoms with E-state index in [1.165, 1.54) is 6.92 Å². The molecule has 1 amide bonds. The van der Waals surface area contributed by atoms with Crippen LogP contribution in [0.15, 0.2) is 24.3 Å². The van der Waals surface area contributed by atoms with Crippen molar-refractivity contribution in [1.29, 1.82) is 0 Å². The van der Waals surface area contributed by atoms with Crippen LogP contribution in [0, 0.1) is 11.8 Å². The minimum Gasteiger partial charge on any atom is -0.384 e. The lowest BCUT2D eigenvalue weighted by atomic mass is 10.2. The lowest BCUT2D eigenvalue weighted by Gasteiger charge is -2.06. The van der Waals surface area contributed by atoms with Gasteiger partial charge in [0.05, 0.1) is 0 Å². The molecule has 0 atom stereocenters. The smallest absolute Gasteiger partial charge is 0.221 e. The van der Waals surface area contributed by atoms with Crippen molar-refractivity contribution in [3.63, 3.8) is 0 Å². The van der Waals surface area contributed by atoms with Gasteiger partial charge in [-0.25, -0.2) is 0 Å². The van der Waals surface area contributed by atoms with E-state index >= 15 is 0 Å². The predicted octanol–water partition coefficient (Wildman–Crippen LogP) is 2.47. The summed E-state index contributed by atoms with van der Waals surface area (Å²) in [5.74, 6) is 5.78. The molecule has 0 unspecified atom stereocenters. The number of hydrogen-bond acceptors (Lipinski definition) is 2. The summed E-state index contributed by atoms with van der Waals surface area (Å²) in [7, 11) is 0. The van der Waals surface area contributed by atoms with Crippen molar-refractivity contribution in [2.75, 3.05) is 17.2 Å². The molecule has 0 aliphatic rings. The van der Waals surface area contributed by atoms with Crippen molar-refractivity contribution < 1.29 is 4.79 Å². The van der Waals surface area contributed by atoms with Gasteiger partial charge in [0, 0.05) is 31.3 Å². The number of amides is 1. The van der Waals surface area contributed by atoms with E-state index in [0.717, 1.165) is 24.3 Å². The minimum absolute atomic E-state index is 0.0565. The highest BCUT2D eigenvalue weighted by molar-refractivity contribution is 5.88. The molecule has 0 fully saturated rings. The van der Waals surface area contributed by atoms with Crippen molar-refractivity contribution in [3.05, 3.63) is 24.3 Å². The molecule has 0 bridgehead atoms. The molecule has 0 aliphatic carbocycles. The first-order chi connectivity index (χ1) is 7.72. The Morgan fingerprint density at radius 2 is 1.88 bits per heavy atom. The average Bonchev–Trinajstić information content (AvgIpc) is 2.26. The summed E-state index contributed by atoms with van der Waals surface area (Å²) < 4.78 is 0. The van der Waals surface area contributed by atoms with Crippen LogP contribution in [-0.2, 0) is 4.79 Å². The standard InChI is InChI=1S/C13H16N2O/c1-3-4-5-10-14-12-6-8-13(9-7-12)15-11(2)16/h6-9,14H,5,10H2,1-2H3,(H,15,16). The van der Waals surface area contributed by atoms with Crippen molar-refractivity contribution in [2.24, 2.45) is 0 Å². The summed E-state index contributed by atoms with van der Waals surface area (Å²) >= 11 is 0. The molecule has 0 aliphatic heterocycles. The number of carbonyl (C=O) groups is 1. The second-order valence-electron chi connectivity index (χ2n) is 3.36. The van der Waals surface area contributed by atoms with E-state index in [9.17, 15) is 4.79 Å². The number of hydrogen-bond donors (Lipinski definition) is 2. The van der Waals surface area contributed by atoms with Gasteiger partial charge in [-0.3, -0.25) is 4.79 Å².